The summed E-state index contributed by atoms with van der Waals surface area (Å²) in [4.78, 5) is 19.3. The van der Waals surface area contributed by atoms with E-state index in [2.05, 4.69) is 15.3 Å². The number of imidazole rings is 1. The lowest BCUT2D eigenvalue weighted by atomic mass is 10.2. The zero-order chi connectivity index (χ0) is 20.5. The Bertz CT molecular complexity index is 914. The van der Waals surface area contributed by atoms with E-state index in [0.717, 1.165) is 22.8 Å². The van der Waals surface area contributed by atoms with E-state index >= 15 is 0 Å². The number of rotatable bonds is 10. The van der Waals surface area contributed by atoms with E-state index in [9.17, 15) is 9.18 Å². The summed E-state index contributed by atoms with van der Waals surface area (Å²) in [5, 5.41) is 3.44. The summed E-state index contributed by atoms with van der Waals surface area (Å²) in [5.41, 5.74) is 1.61. The van der Waals surface area contributed by atoms with Crippen LogP contribution < -0.4 is 14.8 Å². The molecule has 2 aromatic carbocycles. The largest absolute Gasteiger partial charge is 0.494 e. The molecule has 8 heteroatoms. The fourth-order valence-corrected chi connectivity index (χ4v) is 3.17. The van der Waals surface area contributed by atoms with Gasteiger partial charge >= 0.3 is 0 Å². The van der Waals surface area contributed by atoms with Crippen molar-refractivity contribution in [3.8, 4) is 22.8 Å². The molecule has 1 amide bonds. The second-order valence-electron chi connectivity index (χ2n) is 6.00. The predicted octanol–water partition coefficient (Wildman–Crippen LogP) is 3.90. The van der Waals surface area contributed by atoms with Crippen LogP contribution in [0.1, 0.15) is 6.92 Å². The quantitative estimate of drug-likeness (QED) is 0.388. The first-order valence-corrected chi connectivity index (χ1v) is 10.2. The number of carbonyl (C=O) groups excluding carboxylic acids is 1. The third-order valence-corrected chi connectivity index (χ3v) is 4.76. The van der Waals surface area contributed by atoms with Gasteiger partial charge in [0.25, 0.3) is 0 Å². The van der Waals surface area contributed by atoms with Crippen molar-refractivity contribution >= 4 is 17.7 Å². The number of nitrogens with one attached hydrogen (secondary N) is 2. The Kier molecular flexibility index (Phi) is 7.52. The normalized spacial score (nSPS) is 10.6. The van der Waals surface area contributed by atoms with Gasteiger partial charge < -0.3 is 19.8 Å². The third-order valence-electron chi connectivity index (χ3n) is 3.88. The number of H-pyrrole nitrogens is 1. The van der Waals surface area contributed by atoms with E-state index in [1.165, 1.54) is 23.9 Å². The molecular weight excluding hydrogens is 393 g/mol. The summed E-state index contributed by atoms with van der Waals surface area (Å²) >= 11 is 1.30. The number of ether oxygens (including phenoxy) is 2. The lowest BCUT2D eigenvalue weighted by Gasteiger charge is -2.08. The molecule has 3 aromatic rings. The predicted molar refractivity (Wildman–Crippen MR) is 111 cm³/mol. The summed E-state index contributed by atoms with van der Waals surface area (Å²) in [6.45, 7) is 3.34. The summed E-state index contributed by atoms with van der Waals surface area (Å²) in [6.07, 6.45) is 1.66. The van der Waals surface area contributed by atoms with Crippen molar-refractivity contribution in [1.82, 2.24) is 15.3 Å². The first kappa shape index (κ1) is 20.7. The molecule has 0 radical (unpaired) electrons. The van der Waals surface area contributed by atoms with Crippen molar-refractivity contribution in [1.29, 1.82) is 0 Å². The first-order valence-electron chi connectivity index (χ1n) is 9.20. The highest BCUT2D eigenvalue weighted by Crippen LogP contribution is 2.21. The molecule has 0 saturated heterocycles. The van der Waals surface area contributed by atoms with E-state index in [0.29, 0.717) is 24.9 Å². The Morgan fingerprint density at radius 3 is 2.48 bits per heavy atom. The van der Waals surface area contributed by atoms with E-state index in [1.807, 2.05) is 31.2 Å². The third kappa shape index (κ3) is 6.53. The Labute approximate surface area is 172 Å². The van der Waals surface area contributed by atoms with Gasteiger partial charge in [-0.2, -0.15) is 0 Å². The maximum Gasteiger partial charge on any atom is 0.230 e. The molecule has 0 aliphatic rings. The van der Waals surface area contributed by atoms with Crippen LogP contribution in [0.4, 0.5) is 4.39 Å². The smallest absolute Gasteiger partial charge is 0.230 e. The Balaban J connectivity index is 1.35. The number of carbonyl (C=O) groups is 1. The summed E-state index contributed by atoms with van der Waals surface area (Å²) < 4.78 is 24.0. The molecule has 29 heavy (non-hydrogen) atoms. The molecule has 6 nitrogen and oxygen atoms in total. The minimum atomic E-state index is -0.286. The zero-order valence-electron chi connectivity index (χ0n) is 16.0. The fourth-order valence-electron chi connectivity index (χ4n) is 2.50. The highest BCUT2D eigenvalue weighted by molar-refractivity contribution is 7.99. The zero-order valence-corrected chi connectivity index (χ0v) is 16.8. The minimum Gasteiger partial charge on any atom is -0.494 e. The topological polar surface area (TPSA) is 76.2 Å². The van der Waals surface area contributed by atoms with Gasteiger partial charge in [-0.25, -0.2) is 9.37 Å². The lowest BCUT2D eigenvalue weighted by molar-refractivity contribution is -0.118. The SMILES string of the molecule is CCOc1ccc(OCCNC(=O)CSc2ncc(-c3ccc(F)cc3)[nH]2)cc1. The summed E-state index contributed by atoms with van der Waals surface area (Å²) in [5.74, 6) is 1.36. The molecule has 0 fully saturated rings. The number of aromatic nitrogens is 2. The second-order valence-corrected chi connectivity index (χ2v) is 6.96. The van der Waals surface area contributed by atoms with Crippen molar-refractivity contribution in [3.63, 3.8) is 0 Å². The van der Waals surface area contributed by atoms with E-state index in [-0.39, 0.29) is 17.5 Å². The maximum absolute atomic E-state index is 13.0. The number of thioether (sulfide) groups is 1. The van der Waals surface area contributed by atoms with Gasteiger partial charge in [0.2, 0.25) is 5.91 Å². The van der Waals surface area contributed by atoms with Crippen molar-refractivity contribution in [2.24, 2.45) is 0 Å². The molecule has 0 aliphatic carbocycles. The van der Waals surface area contributed by atoms with Crippen LogP contribution in [0.25, 0.3) is 11.3 Å². The van der Waals surface area contributed by atoms with Gasteiger partial charge in [-0.3, -0.25) is 4.79 Å². The minimum absolute atomic E-state index is 0.106. The van der Waals surface area contributed by atoms with Gasteiger partial charge in [0.05, 0.1) is 30.8 Å². The van der Waals surface area contributed by atoms with E-state index < -0.39 is 0 Å². The molecule has 3 rings (SSSR count). The van der Waals surface area contributed by atoms with Gasteiger partial charge in [-0.15, -0.1) is 0 Å². The molecule has 152 valence electrons. The maximum atomic E-state index is 13.0. The van der Waals surface area contributed by atoms with Crippen LogP contribution in [-0.2, 0) is 4.79 Å². The van der Waals surface area contributed by atoms with Gasteiger partial charge in [-0.1, -0.05) is 11.8 Å². The van der Waals surface area contributed by atoms with Crippen LogP contribution in [0.2, 0.25) is 0 Å². The number of amides is 1. The lowest BCUT2D eigenvalue weighted by Crippen LogP contribution is -2.29. The molecule has 0 saturated carbocycles. The van der Waals surface area contributed by atoms with Crippen molar-refractivity contribution < 1.29 is 18.7 Å². The molecule has 0 unspecified atom stereocenters. The van der Waals surface area contributed by atoms with E-state index in [1.54, 1.807) is 18.3 Å². The number of benzene rings is 2. The average molecular weight is 415 g/mol. The molecular formula is C21H22FN3O3S. The molecule has 1 aromatic heterocycles. The van der Waals surface area contributed by atoms with Crippen molar-refractivity contribution in [2.75, 3.05) is 25.5 Å². The summed E-state index contributed by atoms with van der Waals surface area (Å²) in [6, 6.07) is 13.5. The van der Waals surface area contributed by atoms with Gasteiger partial charge in [0.1, 0.15) is 23.9 Å². The average Bonchev–Trinajstić information content (AvgIpc) is 3.21. The van der Waals surface area contributed by atoms with Gasteiger partial charge in [-0.05, 0) is 61.0 Å². The van der Waals surface area contributed by atoms with Crippen LogP contribution in [-0.4, -0.2) is 41.4 Å². The number of hydrogen-bond donors (Lipinski definition) is 2. The highest BCUT2D eigenvalue weighted by Gasteiger charge is 2.07. The van der Waals surface area contributed by atoms with Crippen molar-refractivity contribution in [2.45, 2.75) is 12.1 Å². The Hall–Kier alpha value is -3.00. The molecule has 0 aliphatic heterocycles. The molecule has 2 N–H and O–H groups in total. The van der Waals surface area contributed by atoms with Crippen LogP contribution in [0.15, 0.2) is 59.9 Å². The number of aromatic amines is 1. The summed E-state index contributed by atoms with van der Waals surface area (Å²) in [7, 11) is 0. The van der Waals surface area contributed by atoms with Crippen LogP contribution in [0.5, 0.6) is 11.5 Å². The molecule has 1 heterocycles. The Morgan fingerprint density at radius 1 is 1.10 bits per heavy atom. The Morgan fingerprint density at radius 2 is 1.79 bits per heavy atom. The molecule has 0 bridgehead atoms. The molecule has 0 spiro atoms. The van der Waals surface area contributed by atoms with Crippen molar-refractivity contribution in [3.05, 3.63) is 60.5 Å². The van der Waals surface area contributed by atoms with Gasteiger partial charge in [0, 0.05) is 0 Å². The standard InChI is InChI=1S/C21H22FN3O3S/c1-2-27-17-7-9-18(10-8-17)28-12-11-23-20(26)14-29-21-24-13-19(25-21)15-3-5-16(22)6-4-15/h3-10,13H,2,11-12,14H2,1H3,(H,23,26)(H,24,25). The monoisotopic (exact) mass is 415 g/mol. The first-order chi connectivity index (χ1) is 14.1. The second kappa shape index (κ2) is 10.5. The van der Waals surface area contributed by atoms with Gasteiger partial charge in [0.15, 0.2) is 5.16 Å². The van der Waals surface area contributed by atoms with Crippen LogP contribution >= 0.6 is 11.8 Å². The number of hydrogen-bond acceptors (Lipinski definition) is 5. The molecule has 0 atom stereocenters. The fraction of sp³-hybridized carbons (Fsp3) is 0.238. The number of halogens is 1. The van der Waals surface area contributed by atoms with E-state index in [4.69, 9.17) is 9.47 Å². The highest BCUT2D eigenvalue weighted by atomic mass is 32.2. The van der Waals surface area contributed by atoms with Crippen LogP contribution in [0.3, 0.4) is 0 Å². The number of nitrogens with zero attached hydrogens (tertiary/aromatic N) is 1. The van der Waals surface area contributed by atoms with Crippen LogP contribution in [0, 0.1) is 5.82 Å².